The van der Waals surface area contributed by atoms with Crippen molar-refractivity contribution < 1.29 is 9.84 Å². The molecule has 0 aliphatic carbocycles. The lowest BCUT2D eigenvalue weighted by Crippen LogP contribution is -1.95. The van der Waals surface area contributed by atoms with Gasteiger partial charge in [0, 0.05) is 21.7 Å². The molecular formula is C22H17BrN2O2. The van der Waals surface area contributed by atoms with Gasteiger partial charge in [-0.2, -0.15) is 5.10 Å². The minimum atomic E-state index is 0.142. The Morgan fingerprint density at radius 3 is 2.44 bits per heavy atom. The zero-order valence-corrected chi connectivity index (χ0v) is 16.0. The van der Waals surface area contributed by atoms with Gasteiger partial charge in [0.1, 0.15) is 18.1 Å². The van der Waals surface area contributed by atoms with E-state index in [4.69, 9.17) is 4.74 Å². The molecule has 0 aliphatic rings. The Morgan fingerprint density at radius 2 is 1.70 bits per heavy atom. The molecule has 0 bridgehead atoms. The molecule has 3 aromatic carbocycles. The Labute approximate surface area is 165 Å². The summed E-state index contributed by atoms with van der Waals surface area (Å²) in [5.41, 5.74) is 4.47. The largest absolute Gasteiger partial charge is 0.507 e. The summed E-state index contributed by atoms with van der Waals surface area (Å²) in [6, 6.07) is 23.2. The van der Waals surface area contributed by atoms with E-state index in [0.29, 0.717) is 17.9 Å². The molecule has 4 aromatic rings. The van der Waals surface area contributed by atoms with Crippen LogP contribution in [0.3, 0.4) is 0 Å². The fourth-order valence-corrected chi connectivity index (χ4v) is 3.16. The molecule has 0 saturated carbocycles. The highest BCUT2D eigenvalue weighted by molar-refractivity contribution is 9.10. The molecule has 0 saturated heterocycles. The molecule has 0 amide bonds. The number of H-pyrrole nitrogens is 1. The third-order valence-corrected chi connectivity index (χ3v) is 4.81. The van der Waals surface area contributed by atoms with E-state index in [-0.39, 0.29) is 5.75 Å². The second-order valence-corrected chi connectivity index (χ2v) is 7.03. The highest BCUT2D eigenvalue weighted by Gasteiger charge is 2.14. The number of halogens is 1. The number of rotatable bonds is 5. The third kappa shape index (κ3) is 3.88. The van der Waals surface area contributed by atoms with Crippen molar-refractivity contribution in [2.75, 3.05) is 0 Å². The molecular weight excluding hydrogens is 404 g/mol. The maximum Gasteiger partial charge on any atom is 0.128 e. The van der Waals surface area contributed by atoms with E-state index in [1.807, 2.05) is 66.7 Å². The molecule has 4 rings (SSSR count). The first-order chi connectivity index (χ1) is 13.2. The average Bonchev–Trinajstić information content (AvgIpc) is 3.17. The minimum absolute atomic E-state index is 0.142. The molecule has 4 nitrogen and oxygen atoms in total. The normalized spacial score (nSPS) is 10.7. The molecule has 0 fully saturated rings. The summed E-state index contributed by atoms with van der Waals surface area (Å²) in [5.74, 6) is 0.757. The molecule has 0 spiro atoms. The number of phenols is 1. The van der Waals surface area contributed by atoms with Gasteiger partial charge in [0.15, 0.2) is 0 Å². The van der Waals surface area contributed by atoms with Crippen molar-refractivity contribution in [2.24, 2.45) is 0 Å². The molecule has 5 heteroatoms. The first-order valence-corrected chi connectivity index (χ1v) is 9.29. The maximum atomic E-state index is 10.5. The van der Waals surface area contributed by atoms with E-state index < -0.39 is 0 Å². The number of hydrogen-bond donors (Lipinski definition) is 2. The predicted octanol–water partition coefficient (Wildman–Crippen LogP) is 5.79. The zero-order valence-electron chi connectivity index (χ0n) is 14.4. The van der Waals surface area contributed by atoms with E-state index in [9.17, 15) is 5.11 Å². The van der Waals surface area contributed by atoms with Crippen molar-refractivity contribution in [2.45, 2.75) is 6.61 Å². The summed E-state index contributed by atoms with van der Waals surface area (Å²) in [6.45, 7) is 0.452. The maximum absolute atomic E-state index is 10.5. The quantitative estimate of drug-likeness (QED) is 0.429. The van der Waals surface area contributed by atoms with Crippen molar-refractivity contribution in [3.8, 4) is 33.9 Å². The van der Waals surface area contributed by atoms with E-state index in [1.165, 1.54) is 0 Å². The van der Waals surface area contributed by atoms with E-state index in [2.05, 4.69) is 26.1 Å². The monoisotopic (exact) mass is 420 g/mol. The van der Waals surface area contributed by atoms with Crippen LogP contribution in [0.4, 0.5) is 0 Å². The van der Waals surface area contributed by atoms with Crippen LogP contribution in [0.25, 0.3) is 22.4 Å². The zero-order chi connectivity index (χ0) is 18.6. The van der Waals surface area contributed by atoms with Gasteiger partial charge in [-0.3, -0.25) is 5.10 Å². The van der Waals surface area contributed by atoms with Crippen LogP contribution in [-0.2, 0) is 6.61 Å². The van der Waals surface area contributed by atoms with E-state index >= 15 is 0 Å². The topological polar surface area (TPSA) is 58.1 Å². The molecule has 0 atom stereocenters. The van der Waals surface area contributed by atoms with Crippen molar-refractivity contribution in [1.82, 2.24) is 10.2 Å². The molecule has 1 aromatic heterocycles. The fraction of sp³-hybridized carbons (Fsp3) is 0.0455. The number of aromatic nitrogens is 2. The predicted molar refractivity (Wildman–Crippen MR) is 110 cm³/mol. The number of aromatic amines is 1. The summed E-state index contributed by atoms with van der Waals surface area (Å²) in [6.07, 6.45) is 1.76. The van der Waals surface area contributed by atoms with Gasteiger partial charge in [0.25, 0.3) is 0 Å². The van der Waals surface area contributed by atoms with Crippen molar-refractivity contribution in [3.05, 3.63) is 89.0 Å². The van der Waals surface area contributed by atoms with Gasteiger partial charge in [0.05, 0.1) is 11.9 Å². The van der Waals surface area contributed by atoms with Crippen molar-refractivity contribution in [3.63, 3.8) is 0 Å². The number of benzene rings is 3. The van der Waals surface area contributed by atoms with Gasteiger partial charge in [-0.1, -0.05) is 58.4 Å². The molecule has 0 radical (unpaired) electrons. The van der Waals surface area contributed by atoms with Gasteiger partial charge >= 0.3 is 0 Å². The molecule has 2 N–H and O–H groups in total. The Hall–Kier alpha value is -3.05. The van der Waals surface area contributed by atoms with Gasteiger partial charge in [-0.25, -0.2) is 0 Å². The Morgan fingerprint density at radius 1 is 0.926 bits per heavy atom. The van der Waals surface area contributed by atoms with Crippen LogP contribution >= 0.6 is 15.9 Å². The second-order valence-electron chi connectivity index (χ2n) is 6.12. The van der Waals surface area contributed by atoms with Crippen LogP contribution in [0.5, 0.6) is 11.5 Å². The number of nitrogens with one attached hydrogen (secondary N) is 1. The fourth-order valence-electron chi connectivity index (χ4n) is 2.89. The number of aromatic hydroxyl groups is 1. The third-order valence-electron chi connectivity index (χ3n) is 4.28. The average molecular weight is 421 g/mol. The lowest BCUT2D eigenvalue weighted by molar-refractivity contribution is 0.304. The summed E-state index contributed by atoms with van der Waals surface area (Å²) < 4.78 is 6.80. The number of hydrogen-bond acceptors (Lipinski definition) is 3. The van der Waals surface area contributed by atoms with Crippen LogP contribution in [0.15, 0.2) is 83.5 Å². The molecule has 1 heterocycles. The summed E-state index contributed by atoms with van der Waals surface area (Å²) in [4.78, 5) is 0. The summed E-state index contributed by atoms with van der Waals surface area (Å²) in [7, 11) is 0. The Kier molecular flexibility index (Phi) is 4.94. The van der Waals surface area contributed by atoms with Crippen LogP contribution in [0.2, 0.25) is 0 Å². The van der Waals surface area contributed by atoms with E-state index in [0.717, 1.165) is 26.9 Å². The molecule has 0 unspecified atom stereocenters. The first-order valence-electron chi connectivity index (χ1n) is 8.50. The Balaban J connectivity index is 1.58. The van der Waals surface area contributed by atoms with Crippen LogP contribution < -0.4 is 4.74 Å². The SMILES string of the molecule is Oc1cc(OCc2ccccc2)ccc1-c1[nH]ncc1-c1ccc(Br)cc1. The highest BCUT2D eigenvalue weighted by atomic mass is 79.9. The second kappa shape index (κ2) is 7.68. The number of phenolic OH excluding ortho intramolecular Hbond substituents is 1. The van der Waals surface area contributed by atoms with Crippen LogP contribution in [0.1, 0.15) is 5.56 Å². The van der Waals surface area contributed by atoms with Crippen LogP contribution in [-0.4, -0.2) is 15.3 Å². The molecule has 27 heavy (non-hydrogen) atoms. The minimum Gasteiger partial charge on any atom is -0.507 e. The van der Waals surface area contributed by atoms with Crippen molar-refractivity contribution >= 4 is 15.9 Å². The molecule has 134 valence electrons. The highest BCUT2D eigenvalue weighted by Crippen LogP contribution is 2.37. The summed E-state index contributed by atoms with van der Waals surface area (Å²) in [5, 5.41) is 17.7. The lowest BCUT2D eigenvalue weighted by atomic mass is 10.0. The first kappa shape index (κ1) is 17.4. The summed E-state index contributed by atoms with van der Waals surface area (Å²) >= 11 is 3.45. The number of nitrogens with zero attached hydrogens (tertiary/aromatic N) is 1. The number of ether oxygens (including phenoxy) is 1. The molecule has 0 aliphatic heterocycles. The van der Waals surface area contributed by atoms with Gasteiger partial charge in [-0.15, -0.1) is 0 Å². The smallest absolute Gasteiger partial charge is 0.128 e. The van der Waals surface area contributed by atoms with Gasteiger partial charge in [-0.05, 0) is 35.4 Å². The van der Waals surface area contributed by atoms with Gasteiger partial charge < -0.3 is 9.84 Å². The standard InChI is InChI=1S/C22H17BrN2O2/c23-17-8-6-16(7-9-17)20-13-24-25-22(20)19-11-10-18(12-21(19)26)27-14-15-4-2-1-3-5-15/h1-13,26H,14H2,(H,24,25). The van der Waals surface area contributed by atoms with Crippen LogP contribution in [0, 0.1) is 0 Å². The van der Waals surface area contributed by atoms with E-state index in [1.54, 1.807) is 12.3 Å². The Bertz CT molecular complexity index is 1040. The van der Waals surface area contributed by atoms with Gasteiger partial charge in [0.2, 0.25) is 0 Å². The van der Waals surface area contributed by atoms with Crippen molar-refractivity contribution in [1.29, 1.82) is 0 Å². The lowest BCUT2D eigenvalue weighted by Gasteiger charge is -2.10.